The minimum Gasteiger partial charge on any atom is -0.744 e. The average molecular weight is 1030 g/mol. The summed E-state index contributed by atoms with van der Waals surface area (Å²) in [5.74, 6) is -3.38. The Morgan fingerprint density at radius 3 is 1.61 bits per heavy atom. The van der Waals surface area contributed by atoms with Gasteiger partial charge in [-0.15, -0.1) is 20.5 Å². The number of nitro benzene ring substituents is 1. The van der Waals surface area contributed by atoms with Crippen LogP contribution >= 0.6 is 0 Å². The second-order valence-corrected chi connectivity index (χ2v) is 18.1. The number of benzene rings is 5. The van der Waals surface area contributed by atoms with Crippen molar-refractivity contribution in [2.75, 3.05) is 5.73 Å². The average Bonchev–Trinajstić information content (AvgIpc) is 3.07. The molecule has 0 atom stereocenters. The van der Waals surface area contributed by atoms with E-state index in [1.165, 1.54) is 0 Å². The predicted molar refractivity (Wildman–Crippen MR) is 187 cm³/mol. The molecule has 26 nitrogen and oxygen atoms in total. The summed E-state index contributed by atoms with van der Waals surface area (Å²) in [7, 11) is -28.5. The summed E-state index contributed by atoms with van der Waals surface area (Å²) in [6, 6.07) is 4.49. The van der Waals surface area contributed by atoms with Gasteiger partial charge in [-0.2, -0.15) is 0 Å². The first-order valence-electron chi connectivity index (χ1n) is 14.7. The van der Waals surface area contributed by atoms with Crippen LogP contribution in [0.25, 0.3) is 21.5 Å². The predicted octanol–water partition coefficient (Wildman–Crippen LogP) is -12.5. The zero-order valence-corrected chi connectivity index (χ0v) is 47.3. The first kappa shape index (κ1) is 62.8. The monoisotopic (exact) mass is 1030 g/mol. The number of azo groups is 2. The van der Waals surface area contributed by atoms with Gasteiger partial charge < -0.3 is 38.3 Å². The van der Waals surface area contributed by atoms with Gasteiger partial charge in [-0.25, -0.2) is 42.1 Å². The molecule has 0 fully saturated rings. The largest absolute Gasteiger partial charge is 1.00 e. The first-order valence-corrected chi connectivity index (χ1v) is 21.8. The Labute approximate surface area is 471 Å². The molecule has 0 saturated carbocycles. The maximum Gasteiger partial charge on any atom is 1.00 e. The molecule has 0 spiro atoms. The van der Waals surface area contributed by atoms with Crippen molar-refractivity contribution in [3.05, 3.63) is 64.7 Å². The number of non-ortho nitro benzene ring substituents is 1. The Morgan fingerprint density at radius 1 is 0.609 bits per heavy atom. The molecule has 0 aliphatic carbocycles. The summed E-state index contributed by atoms with van der Waals surface area (Å²) in [6.07, 6.45) is 0. The van der Waals surface area contributed by atoms with Crippen molar-refractivity contribution in [2.45, 2.75) is 31.4 Å². The number of nitrogen functional groups attached to an aromatic ring is 1. The standard InChI is InChI=1S/C28H20N6O20S5.5Na/c1-11(35)54-20-8-13(55(39,40)41)7-15-14(20)3-5-18(28(15)59(51,52)53)31-32-19-10-21(56(42,43)44)16-9-23(58(48,49)50)26(27(36)24(16)25(19)29)33-30-17-4-2-12(34(37)38)6-22(17)57(45,46)47;;;;;/h2-10,36H,29H2,1H3,(H,39,40,41)(H,42,43,44)(H,45,46,47)(H,48,49,50)(H,51,52,53);;;;;/q;5*+1/p-5. The van der Waals surface area contributed by atoms with Gasteiger partial charge in [0.1, 0.15) is 79.1 Å². The summed E-state index contributed by atoms with van der Waals surface area (Å²) >= 11 is 0. The molecule has 0 aliphatic heterocycles. The second kappa shape index (κ2) is 23.0. The van der Waals surface area contributed by atoms with Crippen LogP contribution in [0.15, 0.2) is 99.5 Å². The Hall–Kier alpha value is -1.16. The number of nitrogens with two attached hydrogens (primary N) is 1. The van der Waals surface area contributed by atoms with Crippen molar-refractivity contribution >= 4 is 112 Å². The van der Waals surface area contributed by atoms with Gasteiger partial charge in [0.05, 0.1) is 40.5 Å². The Kier molecular flexibility index (Phi) is 22.5. The number of phenolic OH excluding ortho intramolecular Hbond substituents is 1. The van der Waals surface area contributed by atoms with Crippen molar-refractivity contribution < 1.29 is 232 Å². The molecule has 0 bridgehead atoms. The number of anilines is 1. The topological polar surface area (TPSA) is 451 Å². The van der Waals surface area contributed by atoms with Crippen LogP contribution in [0.2, 0.25) is 0 Å². The van der Waals surface area contributed by atoms with Gasteiger partial charge in [-0.05, 0) is 42.5 Å². The van der Waals surface area contributed by atoms with Crippen LogP contribution in [-0.4, -0.2) is 80.9 Å². The van der Waals surface area contributed by atoms with Gasteiger partial charge in [0.2, 0.25) is 0 Å². The molecule has 5 aromatic rings. The Balaban J connectivity index is 0.00000794. The van der Waals surface area contributed by atoms with Gasteiger partial charge >= 0.3 is 154 Å². The van der Waals surface area contributed by atoms with E-state index in [9.17, 15) is 84.9 Å². The van der Waals surface area contributed by atoms with Crippen LogP contribution in [-0.2, 0) is 55.4 Å². The molecule has 5 aromatic carbocycles. The van der Waals surface area contributed by atoms with Crippen LogP contribution in [0.5, 0.6) is 11.5 Å². The normalized spacial score (nSPS) is 12.1. The number of esters is 1. The molecule has 0 aromatic heterocycles. The van der Waals surface area contributed by atoms with Crippen LogP contribution in [0.4, 0.5) is 34.1 Å². The van der Waals surface area contributed by atoms with Crippen molar-refractivity contribution in [3.63, 3.8) is 0 Å². The van der Waals surface area contributed by atoms with Crippen LogP contribution in [0.1, 0.15) is 6.92 Å². The minimum absolute atomic E-state index is 0. The van der Waals surface area contributed by atoms with E-state index >= 15 is 0 Å². The smallest absolute Gasteiger partial charge is 0.744 e. The van der Waals surface area contributed by atoms with E-state index in [-0.39, 0.29) is 160 Å². The molecule has 0 aliphatic rings. The molecule has 0 saturated heterocycles. The van der Waals surface area contributed by atoms with E-state index in [1.807, 2.05) is 0 Å². The number of phenols is 1. The maximum absolute atomic E-state index is 12.5. The molecule has 36 heteroatoms. The van der Waals surface area contributed by atoms with E-state index in [4.69, 9.17) is 10.5 Å². The molecule has 0 unspecified atom stereocenters. The quantitative estimate of drug-likeness (QED) is 0.0181. The number of nitrogens with zero attached hydrogens (tertiary/aromatic N) is 5. The molecular weight excluding hydrogens is 1020 g/mol. The fraction of sp³-hybridized carbons (Fsp3) is 0.0357. The summed E-state index contributed by atoms with van der Waals surface area (Å²) in [6.45, 7) is 0.850. The van der Waals surface area contributed by atoms with Crippen molar-refractivity contribution in [2.24, 2.45) is 20.5 Å². The zero-order valence-electron chi connectivity index (χ0n) is 33.3. The molecule has 3 N–H and O–H groups in total. The Morgan fingerprint density at radius 2 is 1.12 bits per heavy atom. The molecule has 312 valence electrons. The maximum atomic E-state index is 12.5. The van der Waals surface area contributed by atoms with Crippen molar-refractivity contribution in [3.8, 4) is 11.5 Å². The van der Waals surface area contributed by atoms with E-state index in [2.05, 4.69) is 20.5 Å². The van der Waals surface area contributed by atoms with E-state index in [0.29, 0.717) is 30.3 Å². The fourth-order valence-corrected chi connectivity index (χ4v) is 8.53. The molecule has 5 rings (SSSR count). The molecule has 0 radical (unpaired) electrons. The zero-order chi connectivity index (χ0) is 44.4. The minimum atomic E-state index is -5.88. The molecule has 64 heavy (non-hydrogen) atoms. The van der Waals surface area contributed by atoms with E-state index in [1.54, 1.807) is 0 Å². The summed E-state index contributed by atoms with van der Waals surface area (Å²) in [4.78, 5) is 14.6. The van der Waals surface area contributed by atoms with Crippen LogP contribution in [0, 0.1) is 10.1 Å². The van der Waals surface area contributed by atoms with Gasteiger partial charge in [0.15, 0.2) is 5.75 Å². The number of fused-ring (bicyclic) bond motifs is 2. The third-order valence-electron chi connectivity index (χ3n) is 7.60. The number of nitro groups is 1. The van der Waals surface area contributed by atoms with Crippen LogP contribution < -0.4 is 158 Å². The van der Waals surface area contributed by atoms with Crippen molar-refractivity contribution in [1.29, 1.82) is 0 Å². The number of hydrogen-bond donors (Lipinski definition) is 2. The second-order valence-electron chi connectivity index (χ2n) is 11.4. The SMILES string of the molecule is CC(=O)Oc1cc(S(=O)(=O)[O-])cc2c(S(=O)(=O)[O-])c(N=Nc3cc(S(=O)(=O)[O-])c4cc(S(=O)(=O)[O-])c(N=Nc5ccc([N+](=O)[O-])cc5S(=O)(=O)[O-])c(O)c4c3N)ccc12.[Na+].[Na+].[Na+].[Na+].[Na+]. The fourth-order valence-electron chi connectivity index (χ4n) is 5.26. The van der Waals surface area contributed by atoms with E-state index in [0.717, 1.165) is 19.1 Å². The van der Waals surface area contributed by atoms with Gasteiger partial charge in [-0.1, -0.05) is 0 Å². The summed E-state index contributed by atoms with van der Waals surface area (Å²) in [5, 5.41) is 32.6. The number of carbonyl (C=O) groups excluding carboxylic acids is 1. The third-order valence-corrected chi connectivity index (χ3v) is 11.9. The van der Waals surface area contributed by atoms with Gasteiger partial charge in [-0.3, -0.25) is 14.9 Å². The summed E-state index contributed by atoms with van der Waals surface area (Å²) in [5.41, 5.74) is -0.282. The van der Waals surface area contributed by atoms with Gasteiger partial charge in [0.25, 0.3) is 5.69 Å². The summed E-state index contributed by atoms with van der Waals surface area (Å²) < 4.78 is 188. The Bertz CT molecular complexity index is 3380. The third kappa shape index (κ3) is 14.0. The number of hydrogen-bond acceptors (Lipinski definition) is 25. The first-order chi connectivity index (χ1) is 26.9. The van der Waals surface area contributed by atoms with Gasteiger partial charge in [0, 0.05) is 35.2 Å². The molecule has 0 heterocycles. The molecule has 0 amide bonds. The molecular formula is C28H15N6Na5O20S5. The number of aromatic hydroxyl groups is 1. The number of carbonyl (C=O) groups is 1. The van der Waals surface area contributed by atoms with Crippen LogP contribution in [0.3, 0.4) is 0 Å². The van der Waals surface area contributed by atoms with E-state index < -0.39 is 153 Å². The number of rotatable bonds is 11. The number of ether oxygens (including phenoxy) is 1. The van der Waals surface area contributed by atoms with Crippen molar-refractivity contribution in [1.82, 2.24) is 0 Å².